The first kappa shape index (κ1) is 106. The van der Waals surface area contributed by atoms with Gasteiger partial charge in [0.05, 0.1) is 11.8 Å². The van der Waals surface area contributed by atoms with Crippen molar-refractivity contribution in [2.75, 3.05) is 0 Å². The maximum Gasteiger partial charge on any atom is 0.314 e. The van der Waals surface area contributed by atoms with Crippen molar-refractivity contribution in [3.05, 3.63) is 228 Å². The average molecular weight is 1860 g/mol. The largest absolute Gasteiger partial charge is 0.426 e. The van der Waals surface area contributed by atoms with Gasteiger partial charge in [0.25, 0.3) is 0 Å². The van der Waals surface area contributed by atoms with E-state index in [0.717, 1.165) is 174 Å². The number of benzene rings is 7. The molecule has 0 aliphatic heterocycles. The molecule has 0 bridgehead atoms. The van der Waals surface area contributed by atoms with Crippen LogP contribution < -0.4 is 9.47 Å². The Balaban J connectivity index is 0.000000147. The van der Waals surface area contributed by atoms with E-state index in [1.165, 1.54) is 336 Å². The first-order valence-electron chi connectivity index (χ1n) is 56.5. The molecule has 10 aliphatic carbocycles. The fourth-order valence-corrected chi connectivity index (χ4v) is 27.2. The van der Waals surface area contributed by atoms with Crippen LogP contribution in [0.1, 0.15) is 421 Å². The number of aryl methyl sites for hydroxylation is 2. The Morgan fingerprint density at radius 3 is 0.949 bits per heavy atom. The Morgan fingerprint density at radius 1 is 0.301 bits per heavy atom. The maximum absolute atomic E-state index is 14.7. The minimum absolute atomic E-state index is 0.00494. The van der Waals surface area contributed by atoms with Crippen LogP contribution in [-0.4, -0.2) is 11.9 Å². The first-order chi connectivity index (χ1) is 66.4. The molecule has 136 heavy (non-hydrogen) atoms. The monoisotopic (exact) mass is 1860 g/mol. The summed E-state index contributed by atoms with van der Waals surface area (Å²) in [6.07, 6.45) is 76.4. The number of ether oxygens (including phenoxy) is 2. The Labute approximate surface area is 823 Å². The molecule has 7 aromatic carbocycles. The zero-order valence-electron chi connectivity index (χ0n) is 85.7. The van der Waals surface area contributed by atoms with Gasteiger partial charge in [-0.25, -0.2) is 17.6 Å². The Kier molecular flexibility index (Phi) is 43.5. The SMILES string of the molecule is C=CC1CCC(C2CCC(CCC)CC2)CC1.C=CC1CCC(C2CCC(c3ccc(C)cc3)CC2)CC1.CCCC1CCC(C2CCC(C(=O)Oc3ccc(C4CCC(CC)CC4)cc3)CC2)CC1.CCCCCC1CCC(c2ccc(OC(=O)C3CCC(C4CCC(CCC)CC4)CC3)cc2)CC1.CCCc1ccc(-c2ccc(-c3ccc(-c4cc(F)c(F)c(F)c4)c(F)c3)cc2)cc1. The predicted octanol–water partition coefficient (Wildman–Crippen LogP) is 38.6. The summed E-state index contributed by atoms with van der Waals surface area (Å²) in [5, 5.41) is 0. The summed E-state index contributed by atoms with van der Waals surface area (Å²) in [4.78, 5) is 25.7. The topological polar surface area (TPSA) is 52.6 Å². The van der Waals surface area contributed by atoms with Crippen LogP contribution in [0.15, 0.2) is 177 Å². The molecule has 4 nitrogen and oxygen atoms in total. The van der Waals surface area contributed by atoms with Crippen LogP contribution in [0.5, 0.6) is 11.5 Å². The number of esters is 2. The zero-order valence-corrected chi connectivity index (χ0v) is 85.7. The van der Waals surface area contributed by atoms with Crippen molar-refractivity contribution in [1.29, 1.82) is 0 Å². The normalized spacial score (nSPS) is 28.6. The quantitative estimate of drug-likeness (QED) is 0.0117. The van der Waals surface area contributed by atoms with Crippen LogP contribution in [0.2, 0.25) is 0 Å². The van der Waals surface area contributed by atoms with Crippen molar-refractivity contribution < 1.29 is 36.6 Å². The van der Waals surface area contributed by atoms with E-state index >= 15 is 0 Å². The third kappa shape index (κ3) is 31.8. The summed E-state index contributed by atoms with van der Waals surface area (Å²) >= 11 is 0. The van der Waals surface area contributed by atoms with E-state index in [-0.39, 0.29) is 34.9 Å². The van der Waals surface area contributed by atoms with E-state index in [0.29, 0.717) is 17.4 Å². The van der Waals surface area contributed by atoms with Gasteiger partial charge < -0.3 is 9.47 Å². The molecule has 0 N–H and O–H groups in total. The van der Waals surface area contributed by atoms with Crippen LogP contribution in [0.3, 0.4) is 0 Å². The third-order valence-corrected chi connectivity index (χ3v) is 36.2. The number of rotatable bonds is 29. The minimum atomic E-state index is -1.57. The lowest BCUT2D eigenvalue weighted by atomic mass is 9.68. The lowest BCUT2D eigenvalue weighted by Crippen LogP contribution is -2.30. The number of carbonyl (C=O) groups is 2. The summed E-state index contributed by atoms with van der Waals surface area (Å²) < 4.78 is 66.5. The van der Waals surface area contributed by atoms with Crippen molar-refractivity contribution in [3.8, 4) is 44.9 Å². The molecule has 0 unspecified atom stereocenters. The van der Waals surface area contributed by atoms with Crippen LogP contribution in [0, 0.1) is 131 Å². The Morgan fingerprint density at radius 2 is 0.603 bits per heavy atom. The molecule has 0 heterocycles. The Hall–Kier alpha value is -7.32. The van der Waals surface area contributed by atoms with Crippen LogP contribution in [0.25, 0.3) is 33.4 Å². The number of hydrogen-bond donors (Lipinski definition) is 0. The molecule has 10 saturated carbocycles. The van der Waals surface area contributed by atoms with E-state index in [1.54, 1.807) is 11.6 Å². The third-order valence-electron chi connectivity index (χ3n) is 36.2. The van der Waals surface area contributed by atoms with Gasteiger partial charge in [0, 0.05) is 5.56 Å². The van der Waals surface area contributed by atoms with Gasteiger partial charge in [0.2, 0.25) is 0 Å². The molecule has 0 saturated heterocycles. The van der Waals surface area contributed by atoms with E-state index in [2.05, 4.69) is 147 Å². The van der Waals surface area contributed by atoms with Crippen molar-refractivity contribution in [1.82, 2.24) is 0 Å². The van der Waals surface area contributed by atoms with E-state index in [4.69, 9.17) is 9.47 Å². The Bertz CT molecular complexity index is 4560. The smallest absolute Gasteiger partial charge is 0.314 e. The molecule has 8 heteroatoms. The van der Waals surface area contributed by atoms with E-state index in [1.807, 2.05) is 48.5 Å². The minimum Gasteiger partial charge on any atom is -0.426 e. The number of hydrogen-bond acceptors (Lipinski definition) is 4. The molecule has 0 aromatic heterocycles. The highest BCUT2D eigenvalue weighted by molar-refractivity contribution is 5.76. The lowest BCUT2D eigenvalue weighted by molar-refractivity contribution is -0.141. The highest BCUT2D eigenvalue weighted by atomic mass is 19.2. The molecule has 10 fully saturated rings. The molecular formula is C128H178F4O4. The van der Waals surface area contributed by atoms with Crippen LogP contribution in [0.4, 0.5) is 17.6 Å². The van der Waals surface area contributed by atoms with Crippen LogP contribution in [-0.2, 0) is 16.0 Å². The highest BCUT2D eigenvalue weighted by Crippen LogP contribution is 2.50. The molecular weight excluding hydrogens is 1680 g/mol. The highest BCUT2D eigenvalue weighted by Gasteiger charge is 2.38. The van der Waals surface area contributed by atoms with Gasteiger partial charge in [-0.2, -0.15) is 0 Å². The van der Waals surface area contributed by atoms with Crippen molar-refractivity contribution in [2.24, 2.45) is 101 Å². The standard InChI is InChI=1S/C33H52O2.C30H46O2.C27H20F4.C21H30.C17H30/c1-3-5-6-8-26-11-15-28(16-12-26)30-21-23-32(24-22-30)35-33(34)31-19-17-29(18-20-31)27-13-9-25(7-4-2)10-14-27;1-3-5-23-8-12-25(13-9-23)26-14-16-28(17-15-26)30(31)32-29-20-18-27(19-21-29)24-10-6-22(4-2)7-11-24;1-2-3-17-4-6-18(7-5-17)19-8-10-20(11-9-19)21-12-13-23(24(28)14-21)22-15-25(29)27(31)26(30)16-22;1-3-17-6-10-19(11-7-17)21-14-12-20(13-15-21)18-8-4-16(2)5-9-18;1-3-5-15-8-12-17(13-9-15)16-10-6-14(4-2)7-11-16/h21-29,31H,3-20H2,1-2H3;18-26,28H,3-17H2,1-2H3;4-16H,2-3H2,1H3;3-5,8-9,17,19-21H,1,6-7,10-15H2,2H3;4,14-17H,2-3,5-13H2,1H3. The molecule has 0 radical (unpaired) electrons. The van der Waals surface area contributed by atoms with Gasteiger partial charge in [0.1, 0.15) is 17.3 Å². The zero-order chi connectivity index (χ0) is 95.5. The van der Waals surface area contributed by atoms with Crippen molar-refractivity contribution >= 4 is 11.9 Å². The number of carbonyl (C=O) groups excluding carboxylic acids is 2. The van der Waals surface area contributed by atoms with Gasteiger partial charge in [-0.15, -0.1) is 13.2 Å². The number of allylic oxidation sites excluding steroid dienone is 2. The second-order valence-corrected chi connectivity index (χ2v) is 45.1. The first-order valence-corrected chi connectivity index (χ1v) is 56.5. The van der Waals surface area contributed by atoms with Gasteiger partial charge in [-0.3, -0.25) is 9.59 Å². The summed E-state index contributed by atoms with van der Waals surface area (Å²) in [6, 6.07) is 48.4. The molecule has 0 spiro atoms. The predicted molar refractivity (Wildman–Crippen MR) is 564 cm³/mol. The van der Waals surface area contributed by atoms with E-state index in [9.17, 15) is 27.2 Å². The second kappa shape index (κ2) is 55.8. The fraction of sp³-hybridized carbons (Fsp3) is 0.625. The average Bonchev–Trinajstić information content (AvgIpc) is 0.797. The summed E-state index contributed by atoms with van der Waals surface area (Å²) in [7, 11) is 0. The number of halogens is 4. The van der Waals surface area contributed by atoms with Gasteiger partial charge in [-0.05, 0) is 431 Å². The molecule has 7 aromatic rings. The van der Waals surface area contributed by atoms with Gasteiger partial charge >= 0.3 is 11.9 Å². The maximum atomic E-state index is 14.7. The fourth-order valence-electron chi connectivity index (χ4n) is 27.2. The van der Waals surface area contributed by atoms with Gasteiger partial charge in [-0.1, -0.05) is 284 Å². The summed E-state index contributed by atoms with van der Waals surface area (Å²) in [5.74, 6) is 13.3. The van der Waals surface area contributed by atoms with Crippen molar-refractivity contribution in [2.45, 2.75) is 407 Å². The summed E-state index contributed by atoms with van der Waals surface area (Å²) in [6.45, 7) is 23.8. The molecule has 0 atom stereocenters. The van der Waals surface area contributed by atoms with Gasteiger partial charge in [0.15, 0.2) is 17.5 Å². The molecule has 17 rings (SSSR count). The second-order valence-electron chi connectivity index (χ2n) is 45.1. The molecule has 10 aliphatic rings. The van der Waals surface area contributed by atoms with Crippen LogP contribution >= 0.6 is 0 Å². The molecule has 0 amide bonds. The summed E-state index contributed by atoms with van der Waals surface area (Å²) in [5.41, 5.74) is 10.7. The van der Waals surface area contributed by atoms with E-state index < -0.39 is 23.3 Å². The van der Waals surface area contributed by atoms with Crippen molar-refractivity contribution in [3.63, 3.8) is 0 Å². The lowest BCUT2D eigenvalue weighted by Gasteiger charge is -2.37. The number of unbranched alkanes of at least 4 members (excludes halogenated alkanes) is 2. The molecule has 742 valence electrons.